The van der Waals surface area contributed by atoms with Gasteiger partial charge >= 0.3 is 6.18 Å². The summed E-state index contributed by atoms with van der Waals surface area (Å²) < 4.78 is 38.4. The van der Waals surface area contributed by atoms with Crippen LogP contribution in [0, 0.1) is 6.92 Å². The van der Waals surface area contributed by atoms with Gasteiger partial charge in [-0.25, -0.2) is 5.43 Å². The molecule has 0 radical (unpaired) electrons. The molecule has 0 unspecified atom stereocenters. The fourth-order valence-electron chi connectivity index (χ4n) is 1.97. The van der Waals surface area contributed by atoms with E-state index >= 15 is 0 Å². The maximum atomic E-state index is 12.8. The van der Waals surface area contributed by atoms with Crippen LogP contribution in [-0.4, -0.2) is 12.1 Å². The van der Waals surface area contributed by atoms with E-state index in [0.29, 0.717) is 0 Å². The molecule has 0 saturated carbocycles. The molecule has 0 saturated heterocycles. The number of benzene rings is 2. The standard InChI is InChI=1S/C17H15F3N2O/c1-12-6-8-13(9-7-12)10-16(23)22-21-11-14-4-2-3-5-15(14)17(18,19)20/h2-9,11H,10H2,1H3,(H,22,23)/b21-11-. The van der Waals surface area contributed by atoms with Gasteiger partial charge in [-0.2, -0.15) is 18.3 Å². The van der Waals surface area contributed by atoms with Gasteiger partial charge in [0, 0.05) is 5.56 Å². The summed E-state index contributed by atoms with van der Waals surface area (Å²) >= 11 is 0. The van der Waals surface area contributed by atoms with E-state index in [0.717, 1.165) is 23.4 Å². The van der Waals surface area contributed by atoms with Gasteiger partial charge in [0.15, 0.2) is 0 Å². The molecule has 0 aliphatic carbocycles. The lowest BCUT2D eigenvalue weighted by Crippen LogP contribution is -2.20. The molecule has 0 aliphatic heterocycles. The molecule has 0 aromatic heterocycles. The van der Waals surface area contributed by atoms with Crippen molar-refractivity contribution in [3.8, 4) is 0 Å². The second-order valence-electron chi connectivity index (χ2n) is 5.04. The Morgan fingerprint density at radius 2 is 1.78 bits per heavy atom. The lowest BCUT2D eigenvalue weighted by atomic mass is 10.1. The Morgan fingerprint density at radius 3 is 2.43 bits per heavy atom. The van der Waals surface area contributed by atoms with Crippen molar-refractivity contribution in [1.82, 2.24) is 5.43 Å². The molecule has 2 aromatic carbocycles. The maximum Gasteiger partial charge on any atom is 0.417 e. The predicted octanol–water partition coefficient (Wildman–Crippen LogP) is 3.71. The average Bonchev–Trinajstić information content (AvgIpc) is 2.49. The number of hydrogen-bond acceptors (Lipinski definition) is 2. The highest BCUT2D eigenvalue weighted by molar-refractivity contribution is 5.84. The summed E-state index contributed by atoms with van der Waals surface area (Å²) in [5.74, 6) is -0.394. The molecule has 0 aliphatic rings. The normalized spacial score (nSPS) is 11.7. The molecule has 0 heterocycles. The molecular formula is C17H15F3N2O. The highest BCUT2D eigenvalue weighted by Gasteiger charge is 2.32. The van der Waals surface area contributed by atoms with Crippen LogP contribution < -0.4 is 5.43 Å². The van der Waals surface area contributed by atoms with Gasteiger partial charge < -0.3 is 0 Å². The van der Waals surface area contributed by atoms with E-state index in [1.165, 1.54) is 18.2 Å². The Hall–Kier alpha value is -2.63. The van der Waals surface area contributed by atoms with Gasteiger partial charge in [-0.1, -0.05) is 48.0 Å². The highest BCUT2D eigenvalue weighted by Crippen LogP contribution is 2.30. The maximum absolute atomic E-state index is 12.8. The Kier molecular flexibility index (Phi) is 5.16. The summed E-state index contributed by atoms with van der Waals surface area (Å²) in [7, 11) is 0. The van der Waals surface area contributed by atoms with Crippen LogP contribution in [0.3, 0.4) is 0 Å². The van der Waals surface area contributed by atoms with Gasteiger partial charge in [0.25, 0.3) is 0 Å². The van der Waals surface area contributed by atoms with Crippen LogP contribution in [0.1, 0.15) is 22.3 Å². The van der Waals surface area contributed by atoms with Gasteiger partial charge in [-0.05, 0) is 18.6 Å². The minimum Gasteiger partial charge on any atom is -0.273 e. The van der Waals surface area contributed by atoms with E-state index < -0.39 is 17.6 Å². The third kappa shape index (κ3) is 4.95. The van der Waals surface area contributed by atoms with E-state index in [1.807, 2.05) is 31.2 Å². The van der Waals surface area contributed by atoms with Crippen molar-refractivity contribution in [3.63, 3.8) is 0 Å². The molecule has 0 spiro atoms. The number of amides is 1. The van der Waals surface area contributed by atoms with Crippen LogP contribution in [0.15, 0.2) is 53.6 Å². The van der Waals surface area contributed by atoms with Gasteiger partial charge in [-0.15, -0.1) is 0 Å². The number of carbonyl (C=O) groups excluding carboxylic acids is 1. The highest BCUT2D eigenvalue weighted by atomic mass is 19.4. The largest absolute Gasteiger partial charge is 0.417 e. The zero-order chi connectivity index (χ0) is 16.9. The van der Waals surface area contributed by atoms with Crippen LogP contribution in [0.4, 0.5) is 13.2 Å². The van der Waals surface area contributed by atoms with Crippen molar-refractivity contribution in [3.05, 3.63) is 70.8 Å². The minimum atomic E-state index is -4.46. The van der Waals surface area contributed by atoms with E-state index in [4.69, 9.17) is 0 Å². The third-order valence-corrected chi connectivity index (χ3v) is 3.14. The first-order chi connectivity index (χ1) is 10.9. The smallest absolute Gasteiger partial charge is 0.273 e. The number of hydrazone groups is 1. The molecular weight excluding hydrogens is 305 g/mol. The first kappa shape index (κ1) is 16.7. The molecule has 23 heavy (non-hydrogen) atoms. The number of nitrogens with one attached hydrogen (secondary N) is 1. The van der Waals surface area contributed by atoms with Gasteiger partial charge in [0.05, 0.1) is 18.2 Å². The summed E-state index contributed by atoms with van der Waals surface area (Å²) in [6.45, 7) is 1.94. The molecule has 0 atom stereocenters. The number of carbonyl (C=O) groups is 1. The van der Waals surface area contributed by atoms with Crippen molar-refractivity contribution < 1.29 is 18.0 Å². The first-order valence-corrected chi connectivity index (χ1v) is 6.90. The lowest BCUT2D eigenvalue weighted by Gasteiger charge is -2.09. The van der Waals surface area contributed by atoms with E-state index in [9.17, 15) is 18.0 Å². The summed E-state index contributed by atoms with van der Waals surface area (Å²) in [6, 6.07) is 12.4. The number of nitrogens with zero attached hydrogens (tertiary/aromatic N) is 1. The molecule has 120 valence electrons. The molecule has 0 fully saturated rings. The topological polar surface area (TPSA) is 41.5 Å². The Balaban J connectivity index is 1.99. The second kappa shape index (κ2) is 7.09. The number of hydrogen-bond donors (Lipinski definition) is 1. The van der Waals surface area contributed by atoms with E-state index in [-0.39, 0.29) is 12.0 Å². The molecule has 3 nitrogen and oxygen atoms in total. The van der Waals surface area contributed by atoms with Crippen molar-refractivity contribution >= 4 is 12.1 Å². The predicted molar refractivity (Wildman–Crippen MR) is 82.1 cm³/mol. The van der Waals surface area contributed by atoms with Gasteiger partial charge in [0.2, 0.25) is 5.91 Å². The lowest BCUT2D eigenvalue weighted by molar-refractivity contribution is -0.137. The second-order valence-corrected chi connectivity index (χ2v) is 5.04. The first-order valence-electron chi connectivity index (χ1n) is 6.90. The number of aryl methyl sites for hydroxylation is 1. The van der Waals surface area contributed by atoms with Gasteiger partial charge in [-0.3, -0.25) is 4.79 Å². The van der Waals surface area contributed by atoms with Crippen molar-refractivity contribution in [2.45, 2.75) is 19.5 Å². The minimum absolute atomic E-state index is 0.101. The van der Waals surface area contributed by atoms with Crippen LogP contribution in [0.2, 0.25) is 0 Å². The number of rotatable bonds is 4. The van der Waals surface area contributed by atoms with Crippen LogP contribution in [-0.2, 0) is 17.4 Å². The van der Waals surface area contributed by atoms with Crippen LogP contribution in [0.5, 0.6) is 0 Å². The van der Waals surface area contributed by atoms with Crippen molar-refractivity contribution in [1.29, 1.82) is 0 Å². The summed E-state index contributed by atoms with van der Waals surface area (Å²) in [6.07, 6.45) is -3.36. The van der Waals surface area contributed by atoms with Crippen LogP contribution >= 0.6 is 0 Å². The third-order valence-electron chi connectivity index (χ3n) is 3.14. The Labute approximate surface area is 131 Å². The molecule has 2 rings (SSSR count). The monoisotopic (exact) mass is 320 g/mol. The SMILES string of the molecule is Cc1ccc(CC(=O)N/N=C\c2ccccc2C(F)(F)F)cc1. The molecule has 6 heteroatoms. The number of halogens is 3. The van der Waals surface area contributed by atoms with E-state index in [2.05, 4.69) is 10.5 Å². The number of alkyl halides is 3. The van der Waals surface area contributed by atoms with Gasteiger partial charge in [0.1, 0.15) is 0 Å². The average molecular weight is 320 g/mol. The molecule has 1 N–H and O–H groups in total. The van der Waals surface area contributed by atoms with Crippen molar-refractivity contribution in [2.24, 2.45) is 5.10 Å². The molecule has 2 aromatic rings. The Morgan fingerprint density at radius 1 is 1.13 bits per heavy atom. The van der Waals surface area contributed by atoms with Crippen molar-refractivity contribution in [2.75, 3.05) is 0 Å². The summed E-state index contributed by atoms with van der Waals surface area (Å²) in [5.41, 5.74) is 3.22. The fraction of sp³-hybridized carbons (Fsp3) is 0.176. The molecule has 1 amide bonds. The summed E-state index contributed by atoms with van der Waals surface area (Å²) in [4.78, 5) is 11.7. The zero-order valence-electron chi connectivity index (χ0n) is 12.4. The summed E-state index contributed by atoms with van der Waals surface area (Å²) in [5, 5.41) is 3.60. The van der Waals surface area contributed by atoms with E-state index in [1.54, 1.807) is 0 Å². The Bertz CT molecular complexity index is 707. The van der Waals surface area contributed by atoms with Crippen LogP contribution in [0.25, 0.3) is 0 Å². The quantitative estimate of drug-likeness (QED) is 0.677. The fourth-order valence-corrected chi connectivity index (χ4v) is 1.97. The molecule has 0 bridgehead atoms. The zero-order valence-corrected chi connectivity index (χ0v) is 12.4.